The van der Waals surface area contributed by atoms with Gasteiger partial charge in [0, 0.05) is 4.88 Å². The molecule has 0 saturated heterocycles. The molecule has 0 fully saturated rings. The number of rotatable bonds is 5. The maximum absolute atomic E-state index is 6.11. The number of nitrogens with one attached hydrogen (secondary N) is 1. The van der Waals surface area contributed by atoms with Crippen LogP contribution in [0.3, 0.4) is 0 Å². The maximum Gasteiger partial charge on any atom is 0.0931 e. The summed E-state index contributed by atoms with van der Waals surface area (Å²) in [5.41, 5.74) is 1.29. The summed E-state index contributed by atoms with van der Waals surface area (Å²) >= 11 is 7.76. The highest BCUT2D eigenvalue weighted by Crippen LogP contribution is 2.32. The Kier molecular flexibility index (Phi) is 4.59. The van der Waals surface area contributed by atoms with Crippen LogP contribution in [0.2, 0.25) is 4.34 Å². The van der Waals surface area contributed by atoms with Crippen LogP contribution in [0.15, 0.2) is 54.6 Å². The normalized spacial score (nSPS) is 12.7. The first-order chi connectivity index (χ1) is 10.3. The van der Waals surface area contributed by atoms with Crippen molar-refractivity contribution < 1.29 is 0 Å². The molecule has 3 heteroatoms. The lowest BCUT2D eigenvalue weighted by Gasteiger charge is -2.18. The van der Waals surface area contributed by atoms with Crippen molar-refractivity contribution in [3.8, 4) is 0 Å². The van der Waals surface area contributed by atoms with Crippen LogP contribution in [-0.2, 0) is 0 Å². The molecule has 1 nitrogen and oxygen atoms in total. The summed E-state index contributed by atoms with van der Waals surface area (Å²) in [7, 11) is 0. The van der Waals surface area contributed by atoms with Crippen molar-refractivity contribution in [1.82, 2.24) is 5.32 Å². The standard InChI is InChI=1S/C18H18ClNS/c1-2-11-20-18(16-9-10-17(19)21-16)15-8-7-13-5-3-4-6-14(13)12-15/h3-10,12,18,20H,2,11H2,1H3. The molecule has 1 aromatic heterocycles. The molecule has 0 bridgehead atoms. The minimum atomic E-state index is 0.215. The van der Waals surface area contributed by atoms with E-state index in [1.807, 2.05) is 6.07 Å². The van der Waals surface area contributed by atoms with Crippen LogP contribution in [-0.4, -0.2) is 6.54 Å². The Morgan fingerprint density at radius 3 is 2.57 bits per heavy atom. The predicted molar refractivity (Wildman–Crippen MR) is 93.4 cm³/mol. The van der Waals surface area contributed by atoms with E-state index in [0.717, 1.165) is 17.3 Å². The average Bonchev–Trinajstić information content (AvgIpc) is 2.94. The van der Waals surface area contributed by atoms with Gasteiger partial charge in [-0.15, -0.1) is 11.3 Å². The predicted octanol–water partition coefficient (Wildman–Crippen LogP) is 5.64. The van der Waals surface area contributed by atoms with Crippen molar-refractivity contribution in [2.24, 2.45) is 0 Å². The van der Waals surface area contributed by atoms with Gasteiger partial charge in [-0.3, -0.25) is 0 Å². The Balaban J connectivity index is 2.00. The lowest BCUT2D eigenvalue weighted by Crippen LogP contribution is -2.22. The Morgan fingerprint density at radius 1 is 1.05 bits per heavy atom. The number of hydrogen-bond acceptors (Lipinski definition) is 2. The van der Waals surface area contributed by atoms with Crippen LogP contribution < -0.4 is 5.32 Å². The van der Waals surface area contributed by atoms with E-state index in [0.29, 0.717) is 0 Å². The van der Waals surface area contributed by atoms with Gasteiger partial charge in [-0.05, 0) is 47.5 Å². The lowest BCUT2D eigenvalue weighted by molar-refractivity contribution is 0.606. The van der Waals surface area contributed by atoms with Gasteiger partial charge < -0.3 is 5.32 Å². The largest absolute Gasteiger partial charge is 0.306 e. The Bertz CT molecular complexity index is 735. The van der Waals surface area contributed by atoms with Gasteiger partial charge in [0.25, 0.3) is 0 Å². The molecule has 0 saturated carbocycles. The molecule has 2 aromatic carbocycles. The maximum atomic E-state index is 6.11. The topological polar surface area (TPSA) is 12.0 Å². The van der Waals surface area contributed by atoms with Crippen LogP contribution in [0.25, 0.3) is 10.8 Å². The number of benzene rings is 2. The summed E-state index contributed by atoms with van der Waals surface area (Å²) in [5.74, 6) is 0. The van der Waals surface area contributed by atoms with Crippen LogP contribution >= 0.6 is 22.9 Å². The molecular weight excluding hydrogens is 298 g/mol. The molecule has 108 valence electrons. The van der Waals surface area contributed by atoms with E-state index in [9.17, 15) is 0 Å². The summed E-state index contributed by atoms with van der Waals surface area (Å²) in [6.45, 7) is 3.18. The monoisotopic (exact) mass is 315 g/mol. The van der Waals surface area contributed by atoms with E-state index in [-0.39, 0.29) is 6.04 Å². The molecule has 1 N–H and O–H groups in total. The van der Waals surface area contributed by atoms with E-state index in [4.69, 9.17) is 11.6 Å². The molecular formula is C18H18ClNS. The second-order valence-electron chi connectivity index (χ2n) is 5.14. The van der Waals surface area contributed by atoms with Crippen LogP contribution in [0.5, 0.6) is 0 Å². The first kappa shape index (κ1) is 14.6. The number of thiophene rings is 1. The SMILES string of the molecule is CCCNC(c1ccc2ccccc2c1)c1ccc(Cl)s1. The van der Waals surface area contributed by atoms with Gasteiger partial charge in [0.1, 0.15) is 0 Å². The van der Waals surface area contributed by atoms with Gasteiger partial charge in [-0.2, -0.15) is 0 Å². The van der Waals surface area contributed by atoms with Gasteiger partial charge in [0.05, 0.1) is 10.4 Å². The molecule has 1 heterocycles. The molecule has 0 aliphatic heterocycles. The summed E-state index contributed by atoms with van der Waals surface area (Å²) < 4.78 is 0.842. The van der Waals surface area contributed by atoms with E-state index < -0.39 is 0 Å². The van der Waals surface area contributed by atoms with Crippen molar-refractivity contribution in [3.05, 3.63) is 69.4 Å². The van der Waals surface area contributed by atoms with Crippen LogP contribution in [0.4, 0.5) is 0 Å². The zero-order valence-corrected chi connectivity index (χ0v) is 13.5. The van der Waals surface area contributed by atoms with Crippen LogP contribution in [0.1, 0.15) is 29.8 Å². The highest BCUT2D eigenvalue weighted by Gasteiger charge is 2.15. The molecule has 3 aromatic rings. The molecule has 21 heavy (non-hydrogen) atoms. The van der Waals surface area contributed by atoms with Gasteiger partial charge in [-0.25, -0.2) is 0 Å². The van der Waals surface area contributed by atoms with E-state index in [1.165, 1.54) is 21.2 Å². The first-order valence-corrected chi connectivity index (χ1v) is 8.44. The fourth-order valence-electron chi connectivity index (χ4n) is 2.54. The van der Waals surface area contributed by atoms with Gasteiger partial charge in [-0.1, -0.05) is 54.9 Å². The minimum absolute atomic E-state index is 0.215. The summed E-state index contributed by atoms with van der Waals surface area (Å²) in [4.78, 5) is 1.27. The molecule has 1 atom stereocenters. The fourth-order valence-corrected chi connectivity index (χ4v) is 3.71. The van der Waals surface area contributed by atoms with Gasteiger partial charge >= 0.3 is 0 Å². The summed E-state index contributed by atoms with van der Waals surface area (Å²) in [5, 5.41) is 6.19. The van der Waals surface area contributed by atoms with Crippen molar-refractivity contribution in [2.75, 3.05) is 6.54 Å². The zero-order valence-electron chi connectivity index (χ0n) is 12.0. The van der Waals surface area contributed by atoms with E-state index in [2.05, 4.69) is 60.8 Å². The van der Waals surface area contributed by atoms with Crippen molar-refractivity contribution >= 4 is 33.7 Å². The number of fused-ring (bicyclic) bond motifs is 1. The highest BCUT2D eigenvalue weighted by atomic mass is 35.5. The van der Waals surface area contributed by atoms with E-state index in [1.54, 1.807) is 11.3 Å². The Labute approximate surface area is 134 Å². The van der Waals surface area contributed by atoms with Crippen molar-refractivity contribution in [2.45, 2.75) is 19.4 Å². The Hall–Kier alpha value is -1.35. The van der Waals surface area contributed by atoms with Gasteiger partial charge in [0.15, 0.2) is 0 Å². The number of hydrogen-bond donors (Lipinski definition) is 1. The molecule has 0 amide bonds. The minimum Gasteiger partial charge on any atom is -0.306 e. The smallest absolute Gasteiger partial charge is 0.0931 e. The lowest BCUT2D eigenvalue weighted by atomic mass is 10.0. The Morgan fingerprint density at radius 2 is 1.86 bits per heavy atom. The zero-order chi connectivity index (χ0) is 14.7. The molecule has 0 aliphatic rings. The molecule has 0 aliphatic carbocycles. The fraction of sp³-hybridized carbons (Fsp3) is 0.222. The van der Waals surface area contributed by atoms with Crippen molar-refractivity contribution in [1.29, 1.82) is 0 Å². The third-order valence-electron chi connectivity index (χ3n) is 3.58. The highest BCUT2D eigenvalue weighted by molar-refractivity contribution is 7.16. The molecule has 0 spiro atoms. The third kappa shape index (κ3) is 3.29. The molecule has 3 rings (SSSR count). The summed E-state index contributed by atoms with van der Waals surface area (Å²) in [6.07, 6.45) is 1.11. The van der Waals surface area contributed by atoms with E-state index >= 15 is 0 Å². The average molecular weight is 316 g/mol. The quantitative estimate of drug-likeness (QED) is 0.642. The molecule has 0 radical (unpaired) electrons. The second kappa shape index (κ2) is 6.61. The second-order valence-corrected chi connectivity index (χ2v) is 6.88. The van der Waals surface area contributed by atoms with Crippen LogP contribution in [0, 0.1) is 0 Å². The first-order valence-electron chi connectivity index (χ1n) is 7.25. The number of halogens is 1. The third-order valence-corrected chi connectivity index (χ3v) is 4.88. The summed E-state index contributed by atoms with van der Waals surface area (Å²) in [6, 6.07) is 19.5. The molecule has 1 unspecified atom stereocenters. The van der Waals surface area contributed by atoms with Gasteiger partial charge in [0.2, 0.25) is 0 Å². The van der Waals surface area contributed by atoms with Crippen molar-refractivity contribution in [3.63, 3.8) is 0 Å².